The fraction of sp³-hybridized carbons (Fsp3) is 0.310. The molecule has 0 spiro atoms. The van der Waals surface area contributed by atoms with Crippen molar-refractivity contribution < 1.29 is 38.1 Å². The Kier molecular flexibility index (Phi) is 7.11. The number of carbonyl (C=O) groups excluding carboxylic acids is 3. The summed E-state index contributed by atoms with van der Waals surface area (Å²) in [6.07, 6.45) is 1.90. The number of hydrogen-bond donors (Lipinski definition) is 0. The van der Waals surface area contributed by atoms with E-state index in [4.69, 9.17) is 23.7 Å². The highest BCUT2D eigenvalue weighted by Crippen LogP contribution is 2.51. The van der Waals surface area contributed by atoms with Gasteiger partial charge in [-0.1, -0.05) is 6.08 Å². The average molecular weight is 533 g/mol. The molecule has 4 rings (SSSR count). The minimum absolute atomic E-state index is 0.0336. The number of ether oxygens (including phenoxy) is 5. The van der Waals surface area contributed by atoms with E-state index >= 15 is 0 Å². The van der Waals surface area contributed by atoms with Crippen molar-refractivity contribution in [3.8, 4) is 29.1 Å². The molecular weight excluding hydrogens is 504 g/mol. The van der Waals surface area contributed by atoms with Crippen molar-refractivity contribution in [1.82, 2.24) is 0 Å². The molecule has 0 N–H and O–H groups in total. The van der Waals surface area contributed by atoms with Gasteiger partial charge in [0.05, 0.1) is 50.3 Å². The number of methoxy groups -OCH3 is 3. The second kappa shape index (κ2) is 10.2. The van der Waals surface area contributed by atoms with E-state index in [0.29, 0.717) is 22.6 Å². The Morgan fingerprint density at radius 3 is 2.15 bits per heavy atom. The zero-order chi connectivity index (χ0) is 28.6. The number of benzene rings is 2. The van der Waals surface area contributed by atoms with Gasteiger partial charge in [-0.3, -0.25) is 9.69 Å². The molecule has 0 unspecified atom stereocenters. The summed E-state index contributed by atoms with van der Waals surface area (Å²) in [5.41, 5.74) is 1.17. The number of carbonyl (C=O) groups is 3. The molecule has 2 heterocycles. The molecule has 2 aromatic carbocycles. The first-order valence-electron chi connectivity index (χ1n) is 12.1. The minimum atomic E-state index is -0.903. The van der Waals surface area contributed by atoms with Crippen LogP contribution in [0.5, 0.6) is 23.0 Å². The van der Waals surface area contributed by atoms with Gasteiger partial charge in [0.2, 0.25) is 5.75 Å². The van der Waals surface area contributed by atoms with Gasteiger partial charge in [-0.25, -0.2) is 9.59 Å². The topological polar surface area (TPSA) is 124 Å². The van der Waals surface area contributed by atoms with Crippen LogP contribution in [0.1, 0.15) is 49.2 Å². The van der Waals surface area contributed by atoms with Gasteiger partial charge in [0.1, 0.15) is 11.8 Å². The fourth-order valence-electron chi connectivity index (χ4n) is 4.96. The van der Waals surface area contributed by atoms with Crippen molar-refractivity contribution in [3.63, 3.8) is 0 Å². The third-order valence-corrected chi connectivity index (χ3v) is 6.52. The van der Waals surface area contributed by atoms with Crippen LogP contribution in [0.3, 0.4) is 0 Å². The van der Waals surface area contributed by atoms with E-state index in [2.05, 4.69) is 0 Å². The van der Waals surface area contributed by atoms with E-state index in [1.165, 1.54) is 39.5 Å². The number of allylic oxidation sites excluding steroid dienone is 1. The van der Waals surface area contributed by atoms with Crippen LogP contribution >= 0.6 is 0 Å². The van der Waals surface area contributed by atoms with Crippen LogP contribution in [0.15, 0.2) is 35.9 Å². The van der Waals surface area contributed by atoms with E-state index in [9.17, 15) is 19.6 Å². The molecule has 202 valence electrons. The van der Waals surface area contributed by atoms with E-state index < -0.39 is 29.0 Å². The van der Waals surface area contributed by atoms with E-state index in [1.807, 2.05) is 32.9 Å². The quantitative estimate of drug-likeness (QED) is 0.222. The first-order chi connectivity index (χ1) is 18.5. The number of rotatable bonds is 7. The predicted molar refractivity (Wildman–Crippen MR) is 142 cm³/mol. The molecule has 0 radical (unpaired) electrons. The molecule has 2 aromatic rings. The average Bonchev–Trinajstić information content (AvgIpc) is 3.19. The number of anilines is 1. The summed E-state index contributed by atoms with van der Waals surface area (Å²) < 4.78 is 26.8. The summed E-state index contributed by atoms with van der Waals surface area (Å²) in [5, 5.41) is 9.85. The van der Waals surface area contributed by atoms with Crippen LogP contribution in [0.4, 0.5) is 5.69 Å². The van der Waals surface area contributed by atoms with Crippen molar-refractivity contribution in [2.24, 2.45) is 0 Å². The molecule has 2 aliphatic rings. The SMILES string of the molecule is CCOC(=O)/C(C#N)=C1\C(=O)N2c3c(cc(OC(=O)c4cc(OC)c(OC)c(OC)c4)cc31)C(C)=CC2(C)C. The van der Waals surface area contributed by atoms with Crippen LogP contribution in [0.2, 0.25) is 0 Å². The lowest BCUT2D eigenvalue weighted by molar-refractivity contribution is -0.138. The molecule has 0 atom stereocenters. The molecule has 0 bridgehead atoms. The highest BCUT2D eigenvalue weighted by Gasteiger charge is 2.47. The maximum Gasteiger partial charge on any atom is 0.349 e. The summed E-state index contributed by atoms with van der Waals surface area (Å²) in [5.74, 6) is -1.17. The van der Waals surface area contributed by atoms with Crippen molar-refractivity contribution >= 4 is 34.7 Å². The Morgan fingerprint density at radius 2 is 1.62 bits per heavy atom. The molecule has 10 nitrogen and oxygen atoms in total. The summed E-state index contributed by atoms with van der Waals surface area (Å²) in [7, 11) is 4.31. The maximum atomic E-state index is 13.7. The van der Waals surface area contributed by atoms with Gasteiger partial charge in [-0.2, -0.15) is 5.26 Å². The van der Waals surface area contributed by atoms with Crippen LogP contribution in [-0.4, -0.2) is 51.3 Å². The zero-order valence-corrected chi connectivity index (χ0v) is 22.8. The molecule has 0 saturated carbocycles. The number of nitrogens with zero attached hydrogens (tertiary/aromatic N) is 2. The Balaban J connectivity index is 1.88. The van der Waals surface area contributed by atoms with Gasteiger partial charge in [-0.15, -0.1) is 0 Å². The number of esters is 2. The van der Waals surface area contributed by atoms with Gasteiger partial charge in [0.15, 0.2) is 17.1 Å². The smallest absolute Gasteiger partial charge is 0.349 e. The summed E-state index contributed by atoms with van der Waals surface area (Å²) >= 11 is 0. The lowest BCUT2D eigenvalue weighted by Crippen LogP contribution is -2.46. The molecule has 2 aliphatic heterocycles. The molecule has 1 amide bonds. The Hall–Kier alpha value is -4.78. The third kappa shape index (κ3) is 4.46. The van der Waals surface area contributed by atoms with E-state index in [0.717, 1.165) is 5.57 Å². The van der Waals surface area contributed by atoms with Gasteiger partial charge < -0.3 is 23.7 Å². The number of amides is 1. The van der Waals surface area contributed by atoms with Gasteiger partial charge in [0, 0.05) is 11.1 Å². The van der Waals surface area contributed by atoms with Crippen LogP contribution in [0.25, 0.3) is 11.1 Å². The van der Waals surface area contributed by atoms with Crippen molar-refractivity contribution in [2.45, 2.75) is 33.2 Å². The largest absolute Gasteiger partial charge is 0.493 e. The second-order valence-corrected chi connectivity index (χ2v) is 9.37. The second-order valence-electron chi connectivity index (χ2n) is 9.37. The number of nitriles is 1. The van der Waals surface area contributed by atoms with Crippen molar-refractivity contribution in [3.05, 3.63) is 52.6 Å². The standard InChI is InChI=1S/C29H28N2O8/c1-8-38-28(34)20(14-30)23-19-12-17(11-18-15(2)13-29(3,4)31(24(18)19)26(23)32)39-27(33)16-9-21(35-5)25(37-7)22(10-16)36-6/h9-13H,8H2,1-7H3/b23-20-. The van der Waals surface area contributed by atoms with Crippen molar-refractivity contribution in [1.29, 1.82) is 5.26 Å². The van der Waals surface area contributed by atoms with E-state index in [1.54, 1.807) is 17.9 Å². The Labute approximate surface area is 226 Å². The first kappa shape index (κ1) is 27.3. The summed E-state index contributed by atoms with van der Waals surface area (Å²) in [6, 6.07) is 7.88. The van der Waals surface area contributed by atoms with Crippen LogP contribution in [-0.2, 0) is 14.3 Å². The summed E-state index contributed by atoms with van der Waals surface area (Å²) in [6.45, 7) is 7.24. The maximum absolute atomic E-state index is 13.7. The van der Waals surface area contributed by atoms with E-state index in [-0.39, 0.29) is 35.0 Å². The number of hydrogen-bond acceptors (Lipinski definition) is 9. The lowest BCUT2D eigenvalue weighted by Gasteiger charge is -2.38. The molecule has 10 heteroatoms. The highest BCUT2D eigenvalue weighted by atomic mass is 16.5. The Bertz CT molecular complexity index is 1480. The first-order valence-corrected chi connectivity index (χ1v) is 12.1. The highest BCUT2D eigenvalue weighted by molar-refractivity contribution is 6.38. The van der Waals surface area contributed by atoms with Crippen LogP contribution < -0.4 is 23.8 Å². The lowest BCUT2D eigenvalue weighted by atomic mass is 9.88. The molecular formula is C29H28N2O8. The normalized spacial score (nSPS) is 16.0. The molecule has 39 heavy (non-hydrogen) atoms. The fourth-order valence-corrected chi connectivity index (χ4v) is 4.96. The zero-order valence-electron chi connectivity index (χ0n) is 22.8. The summed E-state index contributed by atoms with van der Waals surface area (Å²) in [4.78, 5) is 41.1. The van der Waals surface area contributed by atoms with Gasteiger partial charge >= 0.3 is 11.9 Å². The van der Waals surface area contributed by atoms with Gasteiger partial charge in [0.25, 0.3) is 5.91 Å². The van der Waals surface area contributed by atoms with Gasteiger partial charge in [-0.05, 0) is 57.5 Å². The third-order valence-electron chi connectivity index (χ3n) is 6.52. The van der Waals surface area contributed by atoms with Crippen LogP contribution in [0, 0.1) is 11.3 Å². The monoisotopic (exact) mass is 532 g/mol. The predicted octanol–water partition coefficient (Wildman–Crippen LogP) is 4.31. The minimum Gasteiger partial charge on any atom is -0.493 e. The van der Waals surface area contributed by atoms with Crippen molar-refractivity contribution in [2.75, 3.05) is 32.8 Å². The molecule has 0 saturated heterocycles. The Morgan fingerprint density at radius 1 is 1.00 bits per heavy atom. The molecule has 0 fully saturated rings. The molecule has 0 aromatic heterocycles. The molecule has 0 aliphatic carbocycles.